The van der Waals surface area contributed by atoms with Crippen LogP contribution in [0.5, 0.6) is 0 Å². The molecule has 7 aromatic heterocycles. The van der Waals surface area contributed by atoms with E-state index >= 15 is 0 Å². The molecule has 0 aliphatic carbocycles. The summed E-state index contributed by atoms with van der Waals surface area (Å²) in [5, 5.41) is 6.25. The van der Waals surface area contributed by atoms with Gasteiger partial charge in [-0.3, -0.25) is 0 Å². The van der Waals surface area contributed by atoms with E-state index in [1.807, 2.05) is 108 Å². The first-order valence-electron chi connectivity index (χ1n) is 31.4. The van der Waals surface area contributed by atoms with Gasteiger partial charge >= 0.3 is 20.9 Å². The maximum absolute atomic E-state index is 8.03. The molecule has 0 saturated carbocycles. The van der Waals surface area contributed by atoms with Crippen LogP contribution in [-0.2, 0) is 0 Å². The lowest BCUT2D eigenvalue weighted by molar-refractivity contribution is 0.560. The molecule has 0 fully saturated rings. The van der Waals surface area contributed by atoms with Crippen molar-refractivity contribution in [1.29, 1.82) is 0 Å². The molecule has 6 aliphatic rings. The van der Waals surface area contributed by atoms with Gasteiger partial charge in [0.1, 0.15) is 22.1 Å². The van der Waals surface area contributed by atoms with Gasteiger partial charge in [-0.2, -0.15) is 0 Å². The van der Waals surface area contributed by atoms with Gasteiger partial charge in [-0.05, 0) is 178 Å². The number of benzene rings is 4. The highest BCUT2D eigenvalue weighted by molar-refractivity contribution is 6.76. The first-order chi connectivity index (χ1) is 44.0. The zero-order valence-electron chi connectivity index (χ0n) is 53.6. The molecule has 17 rings (SSSR count). The Morgan fingerprint density at radius 2 is 0.784 bits per heavy atom. The summed E-state index contributed by atoms with van der Waals surface area (Å²) >= 11 is 0. The van der Waals surface area contributed by atoms with Crippen LogP contribution in [0.1, 0.15) is 42.0 Å². The van der Waals surface area contributed by atoms with E-state index in [1.54, 1.807) is 0 Å². The van der Waals surface area contributed by atoms with E-state index in [9.17, 15) is 0 Å². The highest BCUT2D eigenvalue weighted by atomic mass is 16.3. The van der Waals surface area contributed by atoms with E-state index in [0.29, 0.717) is 17.1 Å². The smallest absolute Gasteiger partial charge is 0.409 e. The van der Waals surface area contributed by atoms with E-state index in [1.165, 1.54) is 22.0 Å². The molecule has 3 atom stereocenters. The molecule has 16 nitrogen and oxygen atoms in total. The highest BCUT2D eigenvalue weighted by Crippen LogP contribution is 2.46. The van der Waals surface area contributed by atoms with E-state index in [-0.39, 0.29) is 39.4 Å². The molecule has 0 unspecified atom stereocenters. The summed E-state index contributed by atoms with van der Waals surface area (Å²) in [4.78, 5) is 38.2. The fourth-order valence-electron chi connectivity index (χ4n) is 13.6. The summed E-state index contributed by atoms with van der Waals surface area (Å²) in [5.74, 6) is 7.40. The summed E-state index contributed by atoms with van der Waals surface area (Å²) < 4.78 is 42.5. The number of pyridine rings is 4. The van der Waals surface area contributed by atoms with Crippen molar-refractivity contribution in [1.82, 2.24) is 34.4 Å². The number of rotatable bonds is 5. The third-order valence-corrected chi connectivity index (χ3v) is 17.8. The van der Waals surface area contributed by atoms with Crippen LogP contribution >= 0.6 is 0 Å². The molecule has 13 heterocycles. The third kappa shape index (κ3) is 8.92. The fourth-order valence-corrected chi connectivity index (χ4v) is 13.6. The second kappa shape index (κ2) is 21.3. The van der Waals surface area contributed by atoms with Gasteiger partial charge in [-0.1, -0.05) is 60.7 Å². The van der Waals surface area contributed by atoms with Gasteiger partial charge < -0.3 is 56.8 Å². The molecule has 0 spiro atoms. The van der Waals surface area contributed by atoms with Gasteiger partial charge in [-0.15, -0.1) is 0 Å². The molecule has 434 valence electrons. The number of hydrogen-bond acceptors (Lipinski definition) is 16. The Kier molecular flexibility index (Phi) is 12.3. The van der Waals surface area contributed by atoms with E-state index in [4.69, 9.17) is 22.3 Å². The van der Waals surface area contributed by atoms with Crippen LogP contribution in [0.2, 0.25) is 0 Å². The maximum atomic E-state index is 8.03. The predicted molar refractivity (Wildman–Crippen MR) is 360 cm³/mol. The van der Waals surface area contributed by atoms with Gasteiger partial charge in [0.25, 0.3) is 0 Å². The standard InChI is InChI=1S/C25H23BN4O.C24H22BN5O.C20H21BN4O/c1-17-13-14-20-21-16-28(3)26(15-24(21)31-25(20)27-17)30-18(2)29(19-9-5-4-6-10-19)22-11-7-8-12-23(22)30;1-16-11-12-19-20-15-28(3)25(14-22(20)31-24(19)27-16)30-17(2)29(18-8-5-4-6-9-18)21-10-7-13-26-23(21)30;1-13-9-10-15-16-12-23(3)21(11-19(16)26-20(15)22-13)25-14(2)24(4)17-7-5-6-8-18(17)25/h4-16,18H,1-3H3;4-15,17H,1-3H3;5-12,14H,1-4H3/t18-;17-;14-/m000/s1/i;;4D3. The van der Waals surface area contributed by atoms with Gasteiger partial charge in [0, 0.05) is 96.2 Å². The number of nitrogens with zero attached hydrogens (tertiary/aromatic N) is 13. The van der Waals surface area contributed by atoms with Crippen LogP contribution in [0, 0.1) is 20.8 Å². The second-order valence-corrected chi connectivity index (χ2v) is 23.4. The summed E-state index contributed by atoms with van der Waals surface area (Å²) in [6.45, 7) is 9.89. The van der Waals surface area contributed by atoms with Crippen molar-refractivity contribution in [3.63, 3.8) is 0 Å². The maximum Gasteiger partial charge on any atom is 0.409 e. The van der Waals surface area contributed by atoms with Crippen LogP contribution in [0.3, 0.4) is 0 Å². The van der Waals surface area contributed by atoms with Crippen LogP contribution in [0.25, 0.3) is 69.8 Å². The van der Waals surface area contributed by atoms with Crippen LogP contribution in [-0.4, -0.2) is 102 Å². The number of hydrogen-bond donors (Lipinski definition) is 0. The summed E-state index contributed by atoms with van der Waals surface area (Å²) in [7, 11) is 6.23. The largest absolute Gasteiger partial charge is 0.439 e. The molecule has 88 heavy (non-hydrogen) atoms. The average molecular weight is 1160 g/mol. The Bertz CT molecular complexity index is 4860. The number of para-hydroxylation sites is 6. The van der Waals surface area contributed by atoms with Crippen LogP contribution < -0.4 is 61.0 Å². The predicted octanol–water partition coefficient (Wildman–Crippen LogP) is 8.59. The Labute approximate surface area is 516 Å². The number of aromatic nitrogens is 4. The lowest BCUT2D eigenvalue weighted by Gasteiger charge is -2.37. The molecule has 0 amide bonds. The van der Waals surface area contributed by atoms with Crippen molar-refractivity contribution in [2.75, 3.05) is 57.3 Å². The third-order valence-electron chi connectivity index (χ3n) is 17.8. The quantitative estimate of drug-likeness (QED) is 0.153. The Morgan fingerprint density at radius 3 is 1.25 bits per heavy atom. The summed E-state index contributed by atoms with van der Waals surface area (Å²) in [6.07, 6.45) is 8.13. The normalized spacial score (nSPS) is 18.5. The molecule has 0 N–H and O–H groups in total. The number of anilines is 8. The van der Waals surface area contributed by atoms with E-state index < -0.39 is 6.98 Å². The molecule has 0 bridgehead atoms. The zero-order valence-corrected chi connectivity index (χ0v) is 50.6. The minimum Gasteiger partial charge on any atom is -0.439 e. The molecule has 0 radical (unpaired) electrons. The molecular formula is C69H66B3N13O3. The molecule has 4 aromatic carbocycles. The number of fused-ring (bicyclic) bond motifs is 12. The number of aryl methyl sites for hydroxylation is 3. The van der Waals surface area contributed by atoms with Gasteiger partial charge in [0.2, 0.25) is 17.1 Å². The fraction of sp³-hybridized carbons (Fsp3) is 0.188. The van der Waals surface area contributed by atoms with Crippen molar-refractivity contribution in [3.8, 4) is 0 Å². The zero-order chi connectivity index (χ0) is 62.7. The molecule has 6 aliphatic heterocycles. The molecular weight excluding hydrogens is 1090 g/mol. The second-order valence-electron chi connectivity index (χ2n) is 23.4. The minimum absolute atomic E-state index is 0.0269. The number of furan rings is 3. The van der Waals surface area contributed by atoms with Gasteiger partial charge in [0.05, 0.1) is 46.9 Å². The Balaban J connectivity index is 0.000000114. The first kappa shape index (κ1) is 51.0. The Hall–Kier alpha value is -10.3. The van der Waals surface area contributed by atoms with Gasteiger partial charge in [0.15, 0.2) is 0 Å². The van der Waals surface area contributed by atoms with Crippen LogP contribution in [0.15, 0.2) is 177 Å². The van der Waals surface area contributed by atoms with Crippen LogP contribution in [0.4, 0.5) is 45.6 Å². The van der Waals surface area contributed by atoms with Crippen molar-refractivity contribution in [3.05, 3.63) is 213 Å². The SMILES string of the molecule is Cc1ccc2c3c(oc2n1)=CB(N1c2ccccc2N(c2ccccc2)[C@@H]1C)N(C)C=3.Cc1ccc2c3c(oc2n1)=CB(N1c2ncccc2N(c2ccccc2)[C@@H]1C)N(C)C=3.[2H]C([2H])([2H])N1c2ccccc2N(B2C=c3oc4nc(C)ccc4c3=CN2C)[C@H]1C. The molecule has 0 saturated heterocycles. The lowest BCUT2D eigenvalue weighted by atomic mass is 9.69. The van der Waals surface area contributed by atoms with Crippen molar-refractivity contribution in [2.24, 2.45) is 0 Å². The van der Waals surface area contributed by atoms with Crippen molar-refractivity contribution >= 4 is 136 Å². The van der Waals surface area contributed by atoms with E-state index in [0.717, 1.165) is 93.7 Å². The molecule has 11 aromatic rings. The monoisotopic (exact) mass is 1160 g/mol. The topological polar surface area (TPSA) is 120 Å². The average Bonchev–Trinajstić information content (AvgIpc) is 1.68. The first-order valence-corrected chi connectivity index (χ1v) is 29.9. The lowest BCUT2D eigenvalue weighted by Crippen LogP contribution is -2.56. The van der Waals surface area contributed by atoms with Crippen molar-refractivity contribution < 1.29 is 17.4 Å². The Morgan fingerprint density at radius 1 is 0.409 bits per heavy atom. The highest BCUT2D eigenvalue weighted by Gasteiger charge is 2.45. The van der Waals surface area contributed by atoms with Gasteiger partial charge in [-0.25, -0.2) is 19.9 Å². The van der Waals surface area contributed by atoms with E-state index in [2.05, 4.69) is 209 Å². The minimum atomic E-state index is -2.23. The molecule has 19 heteroatoms. The summed E-state index contributed by atoms with van der Waals surface area (Å²) in [5.41, 5.74) is 14.8. The summed E-state index contributed by atoms with van der Waals surface area (Å²) in [6, 6.07) is 53.7. The van der Waals surface area contributed by atoms with Crippen molar-refractivity contribution in [2.45, 2.75) is 60.0 Å².